The molecule has 19 heavy (non-hydrogen) atoms. The molecule has 1 saturated heterocycles. The van der Waals surface area contributed by atoms with Gasteiger partial charge in [-0.2, -0.15) is 0 Å². The number of carbonyl (C=O) groups excluding carboxylic acids is 1. The number of hydrogen-bond acceptors (Lipinski definition) is 4. The molecule has 1 fully saturated rings. The molecular formula is C13H20ClN3O2. The average Bonchev–Trinajstić information content (AvgIpc) is 2.39. The number of anilines is 1. The summed E-state index contributed by atoms with van der Waals surface area (Å²) in [6.07, 6.45) is 5.29. The fraction of sp³-hybridized carbons (Fsp3) is 0.538. The quantitative estimate of drug-likeness (QED) is 0.916. The molecule has 1 atom stereocenters. The molecule has 1 aliphatic rings. The van der Waals surface area contributed by atoms with Crippen LogP contribution in [0.2, 0.25) is 0 Å². The smallest absolute Gasteiger partial charge is 0.257 e. The third-order valence-corrected chi connectivity index (χ3v) is 3.22. The lowest BCUT2D eigenvalue weighted by Crippen LogP contribution is -2.35. The Morgan fingerprint density at radius 1 is 1.63 bits per heavy atom. The SMILES string of the molecule is CN(CC1CCCOC1)C(=O)c1cnccc1N.Cl. The van der Waals surface area contributed by atoms with Crippen LogP contribution in [-0.4, -0.2) is 42.6 Å². The highest BCUT2D eigenvalue weighted by molar-refractivity contribution is 5.98. The van der Waals surface area contributed by atoms with Crippen LogP contribution in [0.3, 0.4) is 0 Å². The first-order valence-electron chi connectivity index (χ1n) is 6.21. The molecule has 0 bridgehead atoms. The zero-order valence-electron chi connectivity index (χ0n) is 11.0. The lowest BCUT2D eigenvalue weighted by molar-refractivity contribution is 0.0389. The highest BCUT2D eigenvalue weighted by Gasteiger charge is 2.20. The minimum atomic E-state index is -0.0776. The van der Waals surface area contributed by atoms with E-state index >= 15 is 0 Å². The molecule has 0 aromatic carbocycles. The first-order valence-corrected chi connectivity index (χ1v) is 6.21. The van der Waals surface area contributed by atoms with Crippen LogP contribution in [0.1, 0.15) is 23.2 Å². The van der Waals surface area contributed by atoms with Crippen molar-refractivity contribution in [1.29, 1.82) is 0 Å². The highest BCUT2D eigenvalue weighted by Crippen LogP contribution is 2.17. The van der Waals surface area contributed by atoms with Gasteiger partial charge in [0.25, 0.3) is 5.91 Å². The fourth-order valence-corrected chi connectivity index (χ4v) is 2.21. The largest absolute Gasteiger partial charge is 0.398 e. The van der Waals surface area contributed by atoms with Gasteiger partial charge >= 0.3 is 0 Å². The summed E-state index contributed by atoms with van der Waals surface area (Å²) < 4.78 is 5.42. The van der Waals surface area contributed by atoms with Crippen molar-refractivity contribution in [2.24, 2.45) is 5.92 Å². The summed E-state index contributed by atoms with van der Waals surface area (Å²) in [5.41, 5.74) is 6.72. The van der Waals surface area contributed by atoms with Gasteiger partial charge in [0.15, 0.2) is 0 Å². The van der Waals surface area contributed by atoms with Crippen LogP contribution < -0.4 is 5.73 Å². The Bertz CT molecular complexity index is 422. The van der Waals surface area contributed by atoms with Crippen LogP contribution in [0, 0.1) is 5.92 Å². The lowest BCUT2D eigenvalue weighted by Gasteiger charge is -2.27. The van der Waals surface area contributed by atoms with Gasteiger partial charge < -0.3 is 15.4 Å². The van der Waals surface area contributed by atoms with Gasteiger partial charge in [-0.05, 0) is 24.8 Å². The second-order valence-corrected chi connectivity index (χ2v) is 4.73. The number of aromatic nitrogens is 1. The van der Waals surface area contributed by atoms with E-state index in [-0.39, 0.29) is 18.3 Å². The number of amides is 1. The number of nitrogen functional groups attached to an aromatic ring is 1. The van der Waals surface area contributed by atoms with E-state index in [0.717, 1.165) is 26.1 Å². The molecule has 2 rings (SSSR count). The van der Waals surface area contributed by atoms with Gasteiger partial charge in [-0.3, -0.25) is 9.78 Å². The number of pyridine rings is 1. The second kappa shape index (κ2) is 7.31. The Kier molecular flexibility index (Phi) is 6.05. The van der Waals surface area contributed by atoms with Gasteiger partial charge in [-0.25, -0.2) is 0 Å². The van der Waals surface area contributed by atoms with Crippen molar-refractivity contribution in [2.45, 2.75) is 12.8 Å². The van der Waals surface area contributed by atoms with E-state index in [1.807, 2.05) is 0 Å². The summed E-state index contributed by atoms with van der Waals surface area (Å²) in [6, 6.07) is 1.64. The molecule has 0 spiro atoms. The van der Waals surface area contributed by atoms with E-state index in [4.69, 9.17) is 10.5 Å². The molecular weight excluding hydrogens is 266 g/mol. The minimum absolute atomic E-state index is 0. The van der Waals surface area contributed by atoms with Crippen molar-refractivity contribution >= 4 is 24.0 Å². The van der Waals surface area contributed by atoms with Gasteiger partial charge in [0, 0.05) is 38.3 Å². The number of hydrogen-bond donors (Lipinski definition) is 1. The van der Waals surface area contributed by atoms with Gasteiger partial charge in [0.1, 0.15) is 0 Å². The zero-order chi connectivity index (χ0) is 13.0. The Labute approximate surface area is 119 Å². The molecule has 106 valence electrons. The standard InChI is InChI=1S/C13H19N3O2.ClH/c1-16(8-10-3-2-6-18-9-10)13(17)11-7-15-5-4-12(11)14;/h4-5,7,10H,2-3,6,8-9H2,1H3,(H2,14,15);1H. The summed E-state index contributed by atoms with van der Waals surface area (Å²) in [4.78, 5) is 17.8. The first-order chi connectivity index (χ1) is 8.68. The molecule has 1 aliphatic heterocycles. The molecule has 1 unspecified atom stereocenters. The Morgan fingerprint density at radius 2 is 2.42 bits per heavy atom. The summed E-state index contributed by atoms with van der Waals surface area (Å²) in [7, 11) is 1.80. The maximum Gasteiger partial charge on any atom is 0.257 e. The number of rotatable bonds is 3. The molecule has 0 aliphatic carbocycles. The molecule has 1 amide bonds. The maximum absolute atomic E-state index is 12.2. The third kappa shape index (κ3) is 4.08. The molecule has 1 aromatic rings. The number of nitrogens with zero attached hydrogens (tertiary/aromatic N) is 2. The van der Waals surface area contributed by atoms with Crippen LogP contribution in [0.25, 0.3) is 0 Å². The normalized spacial score (nSPS) is 18.5. The van der Waals surface area contributed by atoms with E-state index in [1.54, 1.807) is 24.2 Å². The second-order valence-electron chi connectivity index (χ2n) is 4.73. The van der Waals surface area contributed by atoms with Crippen molar-refractivity contribution in [3.8, 4) is 0 Å². The van der Waals surface area contributed by atoms with Crippen LogP contribution >= 0.6 is 12.4 Å². The van der Waals surface area contributed by atoms with Crippen LogP contribution in [-0.2, 0) is 4.74 Å². The summed E-state index contributed by atoms with van der Waals surface area (Å²) >= 11 is 0. The van der Waals surface area contributed by atoms with Crippen molar-refractivity contribution in [3.63, 3.8) is 0 Å². The number of carbonyl (C=O) groups is 1. The van der Waals surface area contributed by atoms with Crippen molar-refractivity contribution in [3.05, 3.63) is 24.0 Å². The van der Waals surface area contributed by atoms with E-state index in [1.165, 1.54) is 6.20 Å². The fourth-order valence-electron chi connectivity index (χ4n) is 2.21. The summed E-state index contributed by atoms with van der Waals surface area (Å²) in [5.74, 6) is 0.344. The summed E-state index contributed by atoms with van der Waals surface area (Å²) in [5, 5.41) is 0. The van der Waals surface area contributed by atoms with Gasteiger partial charge in [-0.15, -0.1) is 12.4 Å². The van der Waals surface area contributed by atoms with Gasteiger partial charge in [0.05, 0.1) is 12.2 Å². The number of ether oxygens (including phenoxy) is 1. The molecule has 2 N–H and O–H groups in total. The predicted octanol–water partition coefficient (Wildman–Crippen LogP) is 1.58. The van der Waals surface area contributed by atoms with E-state index < -0.39 is 0 Å². The molecule has 0 radical (unpaired) electrons. The molecule has 1 aromatic heterocycles. The molecule has 5 nitrogen and oxygen atoms in total. The Morgan fingerprint density at radius 3 is 3.05 bits per heavy atom. The number of nitrogens with two attached hydrogens (primary N) is 1. The zero-order valence-corrected chi connectivity index (χ0v) is 11.9. The van der Waals surface area contributed by atoms with E-state index in [0.29, 0.717) is 23.7 Å². The monoisotopic (exact) mass is 285 g/mol. The molecule has 0 saturated carbocycles. The predicted molar refractivity (Wildman–Crippen MR) is 76.4 cm³/mol. The van der Waals surface area contributed by atoms with Crippen molar-refractivity contribution in [1.82, 2.24) is 9.88 Å². The maximum atomic E-state index is 12.2. The average molecular weight is 286 g/mol. The first kappa shape index (κ1) is 15.7. The molecule has 6 heteroatoms. The van der Waals surface area contributed by atoms with Crippen LogP contribution in [0.15, 0.2) is 18.5 Å². The van der Waals surface area contributed by atoms with E-state index in [9.17, 15) is 4.79 Å². The number of halogens is 1. The van der Waals surface area contributed by atoms with Crippen LogP contribution in [0.5, 0.6) is 0 Å². The van der Waals surface area contributed by atoms with Gasteiger partial charge in [0.2, 0.25) is 0 Å². The van der Waals surface area contributed by atoms with Gasteiger partial charge in [-0.1, -0.05) is 0 Å². The van der Waals surface area contributed by atoms with E-state index in [2.05, 4.69) is 4.98 Å². The van der Waals surface area contributed by atoms with Crippen molar-refractivity contribution < 1.29 is 9.53 Å². The summed E-state index contributed by atoms with van der Waals surface area (Å²) in [6.45, 7) is 2.27. The Balaban J connectivity index is 0.00000180. The third-order valence-electron chi connectivity index (χ3n) is 3.22. The lowest BCUT2D eigenvalue weighted by atomic mass is 10.0. The molecule has 2 heterocycles. The topological polar surface area (TPSA) is 68.5 Å². The minimum Gasteiger partial charge on any atom is -0.398 e. The highest BCUT2D eigenvalue weighted by atomic mass is 35.5. The van der Waals surface area contributed by atoms with Crippen LogP contribution in [0.4, 0.5) is 5.69 Å². The Hall–Kier alpha value is -1.33. The van der Waals surface area contributed by atoms with Crippen molar-refractivity contribution in [2.75, 3.05) is 32.5 Å².